The summed E-state index contributed by atoms with van der Waals surface area (Å²) in [6, 6.07) is 11.5. The number of piperidine rings is 1. The van der Waals surface area contributed by atoms with Crippen LogP contribution in [0.25, 0.3) is 11.3 Å². The fourth-order valence-electron chi connectivity index (χ4n) is 8.93. The number of carbonyl (C=O) groups is 4. The number of benzene rings is 2. The number of fused-ring (bicyclic) bond motifs is 7. The summed E-state index contributed by atoms with van der Waals surface area (Å²) in [6.07, 6.45) is 6.24. The molecule has 2 saturated heterocycles. The highest BCUT2D eigenvalue weighted by atomic mass is 19.1. The second kappa shape index (κ2) is 17.5. The van der Waals surface area contributed by atoms with Crippen molar-refractivity contribution in [2.24, 2.45) is 18.0 Å². The highest BCUT2D eigenvalue weighted by Crippen LogP contribution is 2.36. The highest BCUT2D eigenvalue weighted by Gasteiger charge is 2.34. The Bertz CT molecular complexity index is 2390. The number of rotatable bonds is 6. The van der Waals surface area contributed by atoms with E-state index in [0.29, 0.717) is 78.1 Å². The van der Waals surface area contributed by atoms with Gasteiger partial charge in [0.25, 0.3) is 11.8 Å². The SMILES string of the molecule is Cc1cc2cc(n1)-c1cnn(C)c1OCCC[C@@H](C)CN1/C(=N/C2=O)Nc2ccc(C(=O)N(C)[C@H]3CCCN(CCc4cc(F)c([C@H]5CCC(=O)NC5=O)c(F)c4)CC3)cc21. The number of aryl methyl sites for hydroxylation is 2. The van der Waals surface area contributed by atoms with Crippen molar-refractivity contribution < 1.29 is 32.7 Å². The van der Waals surface area contributed by atoms with Crippen LogP contribution in [0.15, 0.2) is 53.7 Å². The third-order valence-electron chi connectivity index (χ3n) is 12.3. The van der Waals surface area contributed by atoms with E-state index in [2.05, 4.69) is 37.5 Å². The number of nitrogens with zero attached hydrogens (tertiary/aromatic N) is 7. The standard InChI is InChI=1S/C45H51F2N9O5/c1-26-7-6-18-61-44-33(24-48-54(44)4)37-22-30(19-27(2)49-37)41(58)52-45-50-36-11-9-29(23-38(36)56(45)25-26)43(60)53(3)31-8-5-15-55(17-14-31)16-13-28-20-34(46)40(35(47)21-28)32-10-12-39(57)51-42(32)59/h9,11,19-24,26,31-32H,5-8,10,12-18,25H2,1-4H3,(H,50,52,58)(H,51,57,59)/t26-,31+,32-/m1/s1. The minimum absolute atomic E-state index is 0.0158. The van der Waals surface area contributed by atoms with Crippen molar-refractivity contribution in [2.75, 3.05) is 50.1 Å². The molecular weight excluding hydrogens is 785 g/mol. The largest absolute Gasteiger partial charge is 0.477 e. The minimum atomic E-state index is -1.03. The number of anilines is 2. The molecule has 2 aromatic carbocycles. The molecule has 4 aliphatic rings. The molecule has 4 aromatic rings. The van der Waals surface area contributed by atoms with Crippen molar-refractivity contribution in [3.8, 4) is 17.1 Å². The Kier molecular flexibility index (Phi) is 12.0. The molecule has 16 heteroatoms. The fourth-order valence-corrected chi connectivity index (χ4v) is 8.93. The summed E-state index contributed by atoms with van der Waals surface area (Å²) in [5.74, 6) is -3.06. The Labute approximate surface area is 353 Å². The van der Waals surface area contributed by atoms with Crippen LogP contribution in [-0.4, -0.2) is 100 Å². The van der Waals surface area contributed by atoms with Crippen molar-refractivity contribution in [3.05, 3.63) is 88.2 Å². The molecule has 0 saturated carbocycles. The zero-order valence-electron chi connectivity index (χ0n) is 35.0. The monoisotopic (exact) mass is 835 g/mol. The lowest BCUT2D eigenvalue weighted by molar-refractivity contribution is -0.134. The van der Waals surface area contributed by atoms with Crippen LogP contribution < -0.4 is 20.3 Å². The predicted molar refractivity (Wildman–Crippen MR) is 226 cm³/mol. The Morgan fingerprint density at radius 3 is 2.57 bits per heavy atom. The van der Waals surface area contributed by atoms with Crippen LogP contribution in [0.5, 0.6) is 5.88 Å². The molecule has 2 aromatic heterocycles. The van der Waals surface area contributed by atoms with Crippen LogP contribution in [0.4, 0.5) is 20.2 Å². The topological polar surface area (TPSA) is 154 Å². The molecule has 14 nitrogen and oxygen atoms in total. The molecule has 61 heavy (non-hydrogen) atoms. The number of likely N-dealkylation sites (tertiary alicyclic amines) is 1. The molecule has 2 N–H and O–H groups in total. The van der Waals surface area contributed by atoms with E-state index in [-0.39, 0.29) is 36.3 Å². The van der Waals surface area contributed by atoms with Crippen LogP contribution in [0, 0.1) is 24.5 Å². The first-order valence-corrected chi connectivity index (χ1v) is 21.1. The Morgan fingerprint density at radius 1 is 0.984 bits per heavy atom. The lowest BCUT2D eigenvalue weighted by atomic mass is 9.89. The first-order chi connectivity index (χ1) is 29.3. The van der Waals surface area contributed by atoms with Crippen molar-refractivity contribution in [3.63, 3.8) is 0 Å². The van der Waals surface area contributed by atoms with E-state index in [1.807, 2.05) is 43.0 Å². The molecule has 4 aliphatic heterocycles. The van der Waals surface area contributed by atoms with Crippen LogP contribution in [0.1, 0.15) is 95.3 Å². The molecule has 0 unspecified atom stereocenters. The molecule has 0 radical (unpaired) electrons. The molecule has 0 spiro atoms. The quantitative estimate of drug-likeness (QED) is 0.221. The van der Waals surface area contributed by atoms with Crippen molar-refractivity contribution in [2.45, 2.75) is 77.2 Å². The van der Waals surface area contributed by atoms with Gasteiger partial charge in [-0.05, 0) is 112 Å². The second-order valence-electron chi connectivity index (χ2n) is 16.7. The Morgan fingerprint density at radius 2 is 1.79 bits per heavy atom. The van der Waals surface area contributed by atoms with Gasteiger partial charge in [-0.1, -0.05) is 6.92 Å². The predicted octanol–water partition coefficient (Wildman–Crippen LogP) is 6.00. The fraction of sp³-hybridized carbons (Fsp3) is 0.444. The molecule has 2 bridgehead atoms. The average Bonchev–Trinajstić information content (AvgIpc) is 3.65. The molecule has 0 aliphatic carbocycles. The maximum atomic E-state index is 15.2. The number of aromatic nitrogens is 3. The van der Waals surface area contributed by atoms with Gasteiger partial charge in [-0.15, -0.1) is 0 Å². The van der Waals surface area contributed by atoms with E-state index in [4.69, 9.17) is 4.74 Å². The number of halogens is 2. The molecule has 8 rings (SSSR count). The first kappa shape index (κ1) is 41.7. The van der Waals surface area contributed by atoms with E-state index < -0.39 is 35.3 Å². The van der Waals surface area contributed by atoms with E-state index in [1.165, 1.54) is 12.1 Å². The molecule has 3 atom stereocenters. The summed E-state index contributed by atoms with van der Waals surface area (Å²) in [5, 5.41) is 9.91. The number of aliphatic imine (C=N–C) groups is 1. The maximum absolute atomic E-state index is 15.2. The molecule has 320 valence electrons. The number of hydrogen-bond donors (Lipinski definition) is 2. The number of amides is 4. The van der Waals surface area contributed by atoms with Crippen molar-refractivity contribution >= 4 is 41.0 Å². The molecule has 2 fully saturated rings. The number of hydrogen-bond acceptors (Lipinski definition) is 10. The van der Waals surface area contributed by atoms with Gasteiger partial charge in [0.05, 0.1) is 41.4 Å². The zero-order valence-corrected chi connectivity index (χ0v) is 35.0. The van der Waals surface area contributed by atoms with Gasteiger partial charge >= 0.3 is 0 Å². The summed E-state index contributed by atoms with van der Waals surface area (Å²) < 4.78 is 38.2. The van der Waals surface area contributed by atoms with Crippen LogP contribution in [0.2, 0.25) is 0 Å². The summed E-state index contributed by atoms with van der Waals surface area (Å²) in [4.78, 5) is 67.2. The Balaban J connectivity index is 0.941. The Hall–Kier alpha value is -6.03. The van der Waals surface area contributed by atoms with Gasteiger partial charge in [0, 0.05) is 68.6 Å². The minimum Gasteiger partial charge on any atom is -0.477 e. The lowest BCUT2D eigenvalue weighted by Gasteiger charge is -2.28. The van der Waals surface area contributed by atoms with Gasteiger partial charge in [-0.2, -0.15) is 10.1 Å². The van der Waals surface area contributed by atoms with E-state index >= 15 is 8.78 Å². The van der Waals surface area contributed by atoms with Gasteiger partial charge in [-0.25, -0.2) is 13.5 Å². The van der Waals surface area contributed by atoms with Gasteiger partial charge in [0.15, 0.2) is 0 Å². The third-order valence-corrected chi connectivity index (χ3v) is 12.3. The smallest absolute Gasteiger partial charge is 0.280 e. The van der Waals surface area contributed by atoms with Crippen LogP contribution in [0.3, 0.4) is 0 Å². The lowest BCUT2D eigenvalue weighted by Crippen LogP contribution is -2.40. The van der Waals surface area contributed by atoms with E-state index in [1.54, 1.807) is 29.1 Å². The maximum Gasteiger partial charge on any atom is 0.280 e. The van der Waals surface area contributed by atoms with Gasteiger partial charge < -0.3 is 24.8 Å². The number of carbonyl (C=O) groups excluding carboxylic acids is 4. The van der Waals surface area contributed by atoms with E-state index in [9.17, 15) is 19.2 Å². The second-order valence-corrected chi connectivity index (χ2v) is 16.7. The average molecular weight is 836 g/mol. The zero-order chi connectivity index (χ0) is 42.9. The van der Waals surface area contributed by atoms with Crippen LogP contribution in [-0.2, 0) is 23.1 Å². The number of pyridine rings is 1. The number of nitrogens with one attached hydrogen (secondary N) is 2. The van der Waals surface area contributed by atoms with Crippen molar-refractivity contribution in [1.29, 1.82) is 0 Å². The normalized spacial score (nSPS) is 21.9. The summed E-state index contributed by atoms with van der Waals surface area (Å²) in [6.45, 7) is 7.10. The van der Waals surface area contributed by atoms with Gasteiger partial charge in [0.1, 0.15) is 11.6 Å². The number of imide groups is 1. The summed E-state index contributed by atoms with van der Waals surface area (Å²) in [7, 11) is 3.65. The summed E-state index contributed by atoms with van der Waals surface area (Å²) >= 11 is 0. The van der Waals surface area contributed by atoms with Crippen LogP contribution >= 0.6 is 0 Å². The molecule has 6 heterocycles. The molecule has 4 amide bonds. The number of guanidine groups is 1. The molecular formula is C45H51F2N9O5. The third kappa shape index (κ3) is 8.90. The first-order valence-electron chi connectivity index (χ1n) is 21.1. The number of ether oxygens (including phenoxy) is 1. The summed E-state index contributed by atoms with van der Waals surface area (Å²) in [5.41, 5.74) is 4.58. The highest BCUT2D eigenvalue weighted by molar-refractivity contribution is 6.19. The van der Waals surface area contributed by atoms with Crippen molar-refractivity contribution in [1.82, 2.24) is 29.9 Å². The van der Waals surface area contributed by atoms with Gasteiger partial charge in [0.2, 0.25) is 23.7 Å². The van der Waals surface area contributed by atoms with E-state index in [0.717, 1.165) is 50.0 Å². The van der Waals surface area contributed by atoms with Gasteiger partial charge in [-0.3, -0.25) is 29.5 Å².